The number of hydrogen-bond acceptors (Lipinski definition) is 3. The van der Waals surface area contributed by atoms with E-state index >= 15 is 0 Å². The molecule has 0 heterocycles. The number of carbonyl (C=O) groups excluding carboxylic acids is 1. The molecule has 0 aliphatic carbocycles. The number of hydrogen-bond donors (Lipinski definition) is 0. The maximum absolute atomic E-state index is 11.9. The van der Waals surface area contributed by atoms with E-state index < -0.39 is 0 Å². The molecule has 3 heteroatoms. The van der Waals surface area contributed by atoms with E-state index in [4.69, 9.17) is 4.74 Å². The van der Waals surface area contributed by atoms with Crippen molar-refractivity contribution in [3.05, 3.63) is 60.2 Å². The van der Waals surface area contributed by atoms with Gasteiger partial charge in [0, 0.05) is 17.1 Å². The lowest BCUT2D eigenvalue weighted by molar-refractivity contribution is -0.134. The quantitative estimate of drug-likeness (QED) is 0.234. The van der Waals surface area contributed by atoms with Crippen molar-refractivity contribution >= 4 is 17.7 Å². The predicted molar refractivity (Wildman–Crippen MR) is 106 cm³/mol. The Labute approximate surface area is 156 Å². The third-order valence-corrected chi connectivity index (χ3v) is 4.94. The van der Waals surface area contributed by atoms with Crippen LogP contribution < -0.4 is 4.74 Å². The van der Waals surface area contributed by atoms with Gasteiger partial charge in [-0.2, -0.15) is 0 Å². The largest absolute Gasteiger partial charge is 0.427 e. The van der Waals surface area contributed by atoms with Crippen LogP contribution in [0.3, 0.4) is 0 Å². The molecule has 0 bridgehead atoms. The molecule has 0 spiro atoms. The number of thioether (sulfide) groups is 1. The smallest absolute Gasteiger partial charge is 0.311 e. The van der Waals surface area contributed by atoms with Crippen LogP contribution >= 0.6 is 11.8 Å². The van der Waals surface area contributed by atoms with E-state index in [-0.39, 0.29) is 5.97 Å². The van der Waals surface area contributed by atoms with Crippen molar-refractivity contribution in [2.24, 2.45) is 5.41 Å². The normalized spacial score (nSPS) is 11.3. The van der Waals surface area contributed by atoms with Gasteiger partial charge in [-0.1, -0.05) is 57.5 Å². The molecule has 2 rings (SSSR count). The predicted octanol–water partition coefficient (Wildman–Crippen LogP) is 6.49. The standard InChI is InChI=1S/C22H28O2S/c1-22(2,3)16-8-7-11-21(23)24-19-14-12-18(13-15-19)17-25-20-9-5-4-6-10-20/h4-6,9-10,12-15H,7-8,11,16-17H2,1-3H3. The minimum atomic E-state index is -0.139. The number of unbranched alkanes of at least 4 members (excludes halogenated alkanes) is 1. The molecule has 0 saturated carbocycles. The van der Waals surface area contributed by atoms with Gasteiger partial charge in [-0.05, 0) is 48.1 Å². The van der Waals surface area contributed by atoms with Crippen LogP contribution in [0.4, 0.5) is 0 Å². The molecular formula is C22H28O2S. The van der Waals surface area contributed by atoms with Crippen LogP contribution in [-0.2, 0) is 10.5 Å². The van der Waals surface area contributed by atoms with Crippen molar-refractivity contribution in [3.63, 3.8) is 0 Å². The van der Waals surface area contributed by atoms with Crippen molar-refractivity contribution in [2.45, 2.75) is 57.1 Å². The van der Waals surface area contributed by atoms with Crippen LogP contribution in [0, 0.1) is 5.41 Å². The highest BCUT2D eigenvalue weighted by atomic mass is 32.2. The van der Waals surface area contributed by atoms with Gasteiger partial charge in [0.25, 0.3) is 0 Å². The molecule has 0 aliphatic heterocycles. The number of ether oxygens (including phenoxy) is 1. The van der Waals surface area contributed by atoms with Gasteiger partial charge in [-0.25, -0.2) is 0 Å². The third-order valence-electron chi connectivity index (χ3n) is 3.86. The molecule has 2 aromatic carbocycles. The van der Waals surface area contributed by atoms with Crippen LogP contribution in [-0.4, -0.2) is 5.97 Å². The Kier molecular flexibility index (Phi) is 7.57. The maximum atomic E-state index is 11.9. The van der Waals surface area contributed by atoms with E-state index in [1.165, 1.54) is 10.5 Å². The summed E-state index contributed by atoms with van der Waals surface area (Å²) in [6.07, 6.45) is 3.58. The Hall–Kier alpha value is -1.74. The van der Waals surface area contributed by atoms with Gasteiger partial charge in [0.05, 0.1) is 0 Å². The molecule has 0 atom stereocenters. The molecule has 0 radical (unpaired) electrons. The van der Waals surface area contributed by atoms with Gasteiger partial charge in [0.2, 0.25) is 0 Å². The van der Waals surface area contributed by atoms with E-state index in [2.05, 4.69) is 32.9 Å². The molecule has 0 aliphatic rings. The number of carbonyl (C=O) groups is 1. The average Bonchev–Trinajstić information content (AvgIpc) is 2.58. The SMILES string of the molecule is CC(C)(C)CCCCC(=O)Oc1ccc(CSc2ccccc2)cc1. The molecule has 134 valence electrons. The molecule has 0 saturated heterocycles. The Morgan fingerprint density at radius 2 is 1.64 bits per heavy atom. The van der Waals surface area contributed by atoms with E-state index in [9.17, 15) is 4.79 Å². The highest BCUT2D eigenvalue weighted by molar-refractivity contribution is 7.98. The van der Waals surface area contributed by atoms with Crippen LogP contribution in [0.15, 0.2) is 59.5 Å². The fourth-order valence-electron chi connectivity index (χ4n) is 2.44. The Balaban J connectivity index is 1.71. The van der Waals surface area contributed by atoms with E-state index in [0.29, 0.717) is 17.6 Å². The van der Waals surface area contributed by atoms with Gasteiger partial charge in [0.15, 0.2) is 0 Å². The topological polar surface area (TPSA) is 26.3 Å². The van der Waals surface area contributed by atoms with Crippen molar-refractivity contribution in [1.29, 1.82) is 0 Å². The summed E-state index contributed by atoms with van der Waals surface area (Å²) >= 11 is 1.80. The molecule has 0 N–H and O–H groups in total. The Morgan fingerprint density at radius 3 is 2.28 bits per heavy atom. The highest BCUT2D eigenvalue weighted by Crippen LogP contribution is 2.24. The van der Waals surface area contributed by atoms with Gasteiger partial charge in [-0.3, -0.25) is 4.79 Å². The average molecular weight is 357 g/mol. The fraction of sp³-hybridized carbons (Fsp3) is 0.409. The molecule has 0 unspecified atom stereocenters. The zero-order valence-electron chi connectivity index (χ0n) is 15.5. The number of rotatable bonds is 8. The van der Waals surface area contributed by atoms with Crippen LogP contribution in [0.2, 0.25) is 0 Å². The van der Waals surface area contributed by atoms with E-state index in [1.54, 1.807) is 11.8 Å². The monoisotopic (exact) mass is 356 g/mol. The van der Waals surface area contributed by atoms with Crippen molar-refractivity contribution in [3.8, 4) is 5.75 Å². The first-order valence-corrected chi connectivity index (χ1v) is 9.88. The van der Waals surface area contributed by atoms with Crippen LogP contribution in [0.1, 0.15) is 52.0 Å². The van der Waals surface area contributed by atoms with Gasteiger partial charge < -0.3 is 4.74 Å². The van der Waals surface area contributed by atoms with Crippen LogP contribution in [0.5, 0.6) is 5.75 Å². The minimum absolute atomic E-state index is 0.139. The van der Waals surface area contributed by atoms with Gasteiger partial charge >= 0.3 is 5.97 Å². The summed E-state index contributed by atoms with van der Waals surface area (Å²) in [7, 11) is 0. The summed E-state index contributed by atoms with van der Waals surface area (Å²) in [5, 5.41) is 0. The minimum Gasteiger partial charge on any atom is -0.427 e. The van der Waals surface area contributed by atoms with Crippen LogP contribution in [0.25, 0.3) is 0 Å². The summed E-state index contributed by atoms with van der Waals surface area (Å²) in [6.45, 7) is 6.68. The van der Waals surface area contributed by atoms with Crippen molar-refractivity contribution in [2.75, 3.05) is 0 Å². The van der Waals surface area contributed by atoms with Gasteiger partial charge in [0.1, 0.15) is 5.75 Å². The van der Waals surface area contributed by atoms with E-state index in [0.717, 1.165) is 25.0 Å². The molecule has 25 heavy (non-hydrogen) atoms. The zero-order valence-corrected chi connectivity index (χ0v) is 16.3. The Bertz CT molecular complexity index is 642. The highest BCUT2D eigenvalue weighted by Gasteiger charge is 2.11. The van der Waals surface area contributed by atoms with Crippen molar-refractivity contribution in [1.82, 2.24) is 0 Å². The molecule has 2 aromatic rings. The molecule has 2 nitrogen and oxygen atoms in total. The van der Waals surface area contributed by atoms with Gasteiger partial charge in [-0.15, -0.1) is 11.8 Å². The fourth-order valence-corrected chi connectivity index (χ4v) is 3.32. The summed E-state index contributed by atoms with van der Waals surface area (Å²) in [5.41, 5.74) is 1.55. The molecule has 0 aromatic heterocycles. The van der Waals surface area contributed by atoms with E-state index in [1.807, 2.05) is 42.5 Å². The summed E-state index contributed by atoms with van der Waals surface area (Å²) in [4.78, 5) is 13.2. The number of benzene rings is 2. The second-order valence-electron chi connectivity index (χ2n) is 7.49. The molecule has 0 amide bonds. The number of esters is 1. The summed E-state index contributed by atoms with van der Waals surface area (Å²) in [6, 6.07) is 18.2. The Morgan fingerprint density at radius 1 is 0.960 bits per heavy atom. The first-order valence-electron chi connectivity index (χ1n) is 8.90. The zero-order chi connectivity index (χ0) is 18.1. The van der Waals surface area contributed by atoms with Crippen molar-refractivity contribution < 1.29 is 9.53 Å². The first kappa shape index (κ1) is 19.6. The molecular weight excluding hydrogens is 328 g/mol. The first-order chi connectivity index (χ1) is 11.9. The summed E-state index contributed by atoms with van der Waals surface area (Å²) < 4.78 is 5.42. The lowest BCUT2D eigenvalue weighted by Gasteiger charge is -2.17. The maximum Gasteiger partial charge on any atom is 0.311 e. The lowest BCUT2D eigenvalue weighted by Crippen LogP contribution is -2.09. The summed E-state index contributed by atoms with van der Waals surface area (Å²) in [5.74, 6) is 1.40. The second-order valence-corrected chi connectivity index (χ2v) is 8.54. The third kappa shape index (κ3) is 8.26. The molecule has 0 fully saturated rings. The second kappa shape index (κ2) is 9.67. The lowest BCUT2D eigenvalue weighted by atomic mass is 9.89.